The van der Waals surface area contributed by atoms with Gasteiger partial charge in [0.25, 0.3) is 0 Å². The van der Waals surface area contributed by atoms with Gasteiger partial charge in [-0.25, -0.2) is 4.79 Å². The van der Waals surface area contributed by atoms with Crippen molar-refractivity contribution in [2.45, 2.75) is 117 Å². The molecule has 2 saturated heterocycles. The van der Waals surface area contributed by atoms with Crippen LogP contribution in [0.2, 0.25) is 0 Å². The zero-order chi connectivity index (χ0) is 36.8. The first-order chi connectivity index (χ1) is 23.1. The van der Waals surface area contributed by atoms with Crippen molar-refractivity contribution in [2.75, 3.05) is 0 Å². The van der Waals surface area contributed by atoms with Crippen LogP contribution in [0, 0.1) is 57.7 Å². The van der Waals surface area contributed by atoms with E-state index >= 15 is 0 Å². The average Bonchev–Trinajstić information content (AvgIpc) is 3.68. The molecule has 0 aromatic rings. The number of aliphatic hydroxyl groups excluding tert-OH is 1. The van der Waals surface area contributed by atoms with Crippen LogP contribution in [0.15, 0.2) is 11.8 Å². The number of rotatable bonds is 4. The van der Waals surface area contributed by atoms with Gasteiger partial charge in [0.15, 0.2) is 11.4 Å². The third kappa shape index (κ3) is 4.24. The summed E-state index contributed by atoms with van der Waals surface area (Å²) in [4.78, 5) is 80.1. The van der Waals surface area contributed by atoms with Crippen molar-refractivity contribution in [3.05, 3.63) is 11.8 Å². The van der Waals surface area contributed by atoms with Crippen LogP contribution in [-0.4, -0.2) is 94.2 Å². The fraction of sp³-hybridized carbons (Fsp3) is 0.778. The second-order valence-corrected chi connectivity index (χ2v) is 16.5. The van der Waals surface area contributed by atoms with E-state index in [0.29, 0.717) is 0 Å². The zero-order valence-corrected chi connectivity index (χ0v) is 29.7. The largest absolute Gasteiger partial charge is 0.462 e. The van der Waals surface area contributed by atoms with E-state index in [9.17, 15) is 39.0 Å². The Balaban J connectivity index is 1.53. The molecule has 5 aliphatic carbocycles. The van der Waals surface area contributed by atoms with Gasteiger partial charge in [0, 0.05) is 68.1 Å². The highest BCUT2D eigenvalue weighted by Gasteiger charge is 2.83. The first kappa shape index (κ1) is 35.1. The lowest BCUT2D eigenvalue weighted by Crippen LogP contribution is -2.74. The topological polar surface area (TPSA) is 202 Å². The molecule has 0 bridgehead atoms. The molecule has 7 rings (SSSR count). The summed E-state index contributed by atoms with van der Waals surface area (Å²) in [5, 5.41) is 23.9. The van der Waals surface area contributed by atoms with Crippen LogP contribution < -0.4 is 0 Å². The lowest BCUT2D eigenvalue weighted by Gasteiger charge is -2.64. The quantitative estimate of drug-likeness (QED) is 0.242. The van der Waals surface area contributed by atoms with E-state index < -0.39 is 136 Å². The molecule has 7 aliphatic rings. The van der Waals surface area contributed by atoms with E-state index in [2.05, 4.69) is 0 Å². The molecule has 0 radical (unpaired) electrons. The normalized spacial score (nSPS) is 52.3. The highest BCUT2D eigenvalue weighted by molar-refractivity contribution is 5.89. The van der Waals surface area contributed by atoms with Gasteiger partial charge in [0.2, 0.25) is 0 Å². The van der Waals surface area contributed by atoms with Gasteiger partial charge in [-0.05, 0) is 38.2 Å². The molecule has 6 fully saturated rings. The molecule has 274 valence electrons. The monoisotopic (exact) mass is 702 g/mol. The molecule has 0 unspecified atom stereocenters. The van der Waals surface area contributed by atoms with Crippen molar-refractivity contribution in [3.63, 3.8) is 0 Å². The Morgan fingerprint density at radius 1 is 0.780 bits per heavy atom. The minimum absolute atomic E-state index is 0.193. The van der Waals surface area contributed by atoms with Crippen LogP contribution in [0.3, 0.4) is 0 Å². The van der Waals surface area contributed by atoms with Crippen molar-refractivity contribution in [3.8, 4) is 0 Å². The highest BCUT2D eigenvalue weighted by Crippen LogP contribution is 2.75. The number of epoxide rings is 1. The van der Waals surface area contributed by atoms with Gasteiger partial charge in [-0.2, -0.15) is 0 Å². The van der Waals surface area contributed by atoms with E-state index in [1.54, 1.807) is 26.8 Å². The van der Waals surface area contributed by atoms with Gasteiger partial charge in [0.05, 0.1) is 11.5 Å². The predicted molar refractivity (Wildman–Crippen MR) is 166 cm³/mol. The van der Waals surface area contributed by atoms with Crippen LogP contribution in [-0.2, 0) is 57.2 Å². The fourth-order valence-electron chi connectivity index (χ4n) is 12.2. The molecule has 2 heterocycles. The maximum absolute atomic E-state index is 14.9. The molecule has 14 heteroatoms. The molecular weight excluding hydrogens is 656 g/mol. The summed E-state index contributed by atoms with van der Waals surface area (Å²) in [6.45, 7) is 13.3. The number of hydrogen-bond acceptors (Lipinski definition) is 14. The number of fused-ring (bicyclic) bond motifs is 10. The summed E-state index contributed by atoms with van der Waals surface area (Å²) >= 11 is 0. The molecule has 50 heavy (non-hydrogen) atoms. The molecule has 0 aromatic heterocycles. The molecule has 14 nitrogen and oxygen atoms in total. The maximum atomic E-state index is 14.9. The zero-order valence-electron chi connectivity index (χ0n) is 29.7. The molecule has 2 N–H and O–H groups in total. The molecule has 0 spiro atoms. The van der Waals surface area contributed by atoms with Crippen LogP contribution in [0.5, 0.6) is 0 Å². The lowest BCUT2D eigenvalue weighted by molar-refractivity contribution is -0.267. The van der Waals surface area contributed by atoms with E-state index in [-0.39, 0.29) is 18.3 Å². The summed E-state index contributed by atoms with van der Waals surface area (Å²) < 4.78 is 36.2. The summed E-state index contributed by atoms with van der Waals surface area (Å²) in [7, 11) is 0. The van der Waals surface area contributed by atoms with E-state index in [1.165, 1.54) is 34.6 Å². The van der Waals surface area contributed by atoms with Gasteiger partial charge >= 0.3 is 29.8 Å². The van der Waals surface area contributed by atoms with Crippen LogP contribution in [0.4, 0.5) is 0 Å². The SMILES string of the molecule is CC(=O)O[C@@H]1[C@H]2[C@@H]3C(=O)[C@H](O)[C@H]4C[C@@H]5O[C@@H]5[C@H](OC(C)=O)[C@]4(C)[C@H]3[C@H](OC(C)=O)[C@H](OC(C)=O)[C@]2(C)[C@@H]2[C@@H]1[C@]1(C)C(=C[C@H]2C)OC(=O)[C@@]1(C)O. The number of carbonyl (C=O) groups excluding carboxylic acids is 6. The molecule has 0 amide bonds. The summed E-state index contributed by atoms with van der Waals surface area (Å²) in [5.41, 5.74) is -6.22. The van der Waals surface area contributed by atoms with Crippen molar-refractivity contribution < 1.29 is 67.4 Å². The molecular formula is C36H46O14. The third-order valence-corrected chi connectivity index (χ3v) is 14.1. The second-order valence-electron chi connectivity index (χ2n) is 16.5. The van der Waals surface area contributed by atoms with Gasteiger partial charge in [-0.1, -0.05) is 20.8 Å². The van der Waals surface area contributed by atoms with Crippen molar-refractivity contribution in [1.82, 2.24) is 0 Å². The standard InChI is InChI=1S/C36H46O14/c1-12-10-19-35(8,36(9,44)32(43)50-19)24-21(12)34(7)22(28(24)45-13(2)37)20-23(29(46-14(3)38)31(34)48-16(5)40)33(6)17(25(41)26(20)42)11-18-27(49-18)30(33)47-15(4)39/h10,12,17-18,20-25,27-31,41,44H,11H2,1-9H3/t12-,17-,18+,20+,21+,22-,23-,24+,25-,27+,28-,29+,30+,31+,33+,34-,35+,36-/m1/s1. The minimum atomic E-state index is -2.11. The highest BCUT2D eigenvalue weighted by atomic mass is 16.6. The number of carbonyl (C=O) groups is 6. The van der Waals surface area contributed by atoms with Crippen molar-refractivity contribution in [1.29, 1.82) is 0 Å². The predicted octanol–water partition coefficient (Wildman–Crippen LogP) is 1.41. The van der Waals surface area contributed by atoms with Crippen LogP contribution in [0.1, 0.15) is 68.7 Å². The first-order valence-corrected chi connectivity index (χ1v) is 17.4. The van der Waals surface area contributed by atoms with E-state index in [1.807, 2.05) is 6.92 Å². The van der Waals surface area contributed by atoms with E-state index in [0.717, 1.165) is 0 Å². The number of aliphatic hydroxyl groups is 2. The van der Waals surface area contributed by atoms with E-state index in [4.69, 9.17) is 28.4 Å². The Morgan fingerprint density at radius 3 is 1.90 bits per heavy atom. The second kappa shape index (κ2) is 10.8. The number of allylic oxidation sites excluding steroid dienone is 1. The van der Waals surface area contributed by atoms with Gasteiger partial charge < -0.3 is 38.6 Å². The Labute approximate surface area is 289 Å². The van der Waals surface area contributed by atoms with Crippen LogP contribution >= 0.6 is 0 Å². The smallest absolute Gasteiger partial charge is 0.343 e. The Kier molecular flexibility index (Phi) is 7.59. The minimum Gasteiger partial charge on any atom is -0.462 e. The van der Waals surface area contributed by atoms with Gasteiger partial charge in [0.1, 0.15) is 42.4 Å². The summed E-state index contributed by atoms with van der Waals surface area (Å²) in [5.74, 6) is -10.1. The van der Waals surface area contributed by atoms with Gasteiger partial charge in [-0.15, -0.1) is 0 Å². The van der Waals surface area contributed by atoms with Crippen molar-refractivity contribution >= 4 is 35.6 Å². The lowest BCUT2D eigenvalue weighted by atomic mass is 9.41. The number of ether oxygens (including phenoxy) is 6. The maximum Gasteiger partial charge on any atom is 0.343 e. The summed E-state index contributed by atoms with van der Waals surface area (Å²) in [6.07, 6.45) is -5.26. The molecule has 4 saturated carbocycles. The first-order valence-electron chi connectivity index (χ1n) is 17.4. The Bertz CT molecular complexity index is 1620. The molecule has 0 aromatic carbocycles. The van der Waals surface area contributed by atoms with Crippen LogP contribution in [0.25, 0.3) is 0 Å². The number of esters is 5. The average molecular weight is 703 g/mol. The molecule has 18 atom stereocenters. The van der Waals surface area contributed by atoms with Gasteiger partial charge in [-0.3, -0.25) is 24.0 Å². The number of Topliss-reactive ketones (excluding diaryl/α,β-unsaturated/α-hetero) is 1. The fourth-order valence-corrected chi connectivity index (χ4v) is 12.2. The Hall–Kier alpha value is -3.36. The summed E-state index contributed by atoms with van der Waals surface area (Å²) in [6, 6.07) is 0. The number of hydrogen-bond donors (Lipinski definition) is 2. The Morgan fingerprint density at radius 2 is 1.32 bits per heavy atom. The van der Waals surface area contributed by atoms with Crippen molar-refractivity contribution in [2.24, 2.45) is 57.7 Å². The third-order valence-electron chi connectivity index (χ3n) is 14.1. The molecule has 2 aliphatic heterocycles. The number of ketones is 1.